The lowest BCUT2D eigenvalue weighted by atomic mass is 10.1. The fraction of sp³-hybridized carbons (Fsp3) is 0.600. The van der Waals surface area contributed by atoms with Crippen LogP contribution in [0.5, 0.6) is 0 Å². The standard InChI is InChI=1S/C15H24N2O/c1-3-15-12-17(7-8-18-15)11-14-6-4-5-13(9-14)10-16-2/h4-6,9,15-16H,3,7-8,10-12H2,1-2H3. The molecule has 1 heterocycles. The minimum Gasteiger partial charge on any atom is -0.376 e. The molecule has 1 saturated heterocycles. The molecule has 18 heavy (non-hydrogen) atoms. The van der Waals surface area contributed by atoms with Crippen LogP contribution in [0, 0.1) is 0 Å². The van der Waals surface area contributed by atoms with Crippen molar-refractivity contribution in [1.82, 2.24) is 10.2 Å². The molecule has 1 fully saturated rings. The number of morpholine rings is 1. The number of nitrogens with one attached hydrogen (secondary N) is 1. The summed E-state index contributed by atoms with van der Waals surface area (Å²) in [5.74, 6) is 0. The van der Waals surface area contributed by atoms with Gasteiger partial charge in [0, 0.05) is 26.2 Å². The lowest BCUT2D eigenvalue weighted by molar-refractivity contribution is -0.0324. The normalized spacial score (nSPS) is 21.1. The molecule has 0 aromatic heterocycles. The van der Waals surface area contributed by atoms with E-state index in [1.807, 2.05) is 7.05 Å². The average Bonchev–Trinajstić information content (AvgIpc) is 2.40. The highest BCUT2D eigenvalue weighted by Gasteiger charge is 2.18. The van der Waals surface area contributed by atoms with Gasteiger partial charge in [0.25, 0.3) is 0 Å². The van der Waals surface area contributed by atoms with Gasteiger partial charge in [0.15, 0.2) is 0 Å². The quantitative estimate of drug-likeness (QED) is 0.863. The molecular weight excluding hydrogens is 224 g/mol. The van der Waals surface area contributed by atoms with Gasteiger partial charge in [-0.1, -0.05) is 31.2 Å². The van der Waals surface area contributed by atoms with Crippen LogP contribution in [-0.4, -0.2) is 37.7 Å². The third-order valence-electron chi connectivity index (χ3n) is 3.46. The summed E-state index contributed by atoms with van der Waals surface area (Å²) in [5.41, 5.74) is 2.76. The second kappa shape index (κ2) is 6.88. The van der Waals surface area contributed by atoms with Gasteiger partial charge in [-0.15, -0.1) is 0 Å². The molecule has 1 unspecified atom stereocenters. The number of hydrogen-bond acceptors (Lipinski definition) is 3. The van der Waals surface area contributed by atoms with Crippen molar-refractivity contribution < 1.29 is 4.74 Å². The van der Waals surface area contributed by atoms with Crippen LogP contribution < -0.4 is 5.32 Å². The van der Waals surface area contributed by atoms with Crippen LogP contribution in [-0.2, 0) is 17.8 Å². The Hall–Kier alpha value is -0.900. The van der Waals surface area contributed by atoms with Gasteiger partial charge >= 0.3 is 0 Å². The minimum atomic E-state index is 0.416. The Labute approximate surface area is 110 Å². The van der Waals surface area contributed by atoms with E-state index < -0.39 is 0 Å². The highest BCUT2D eigenvalue weighted by molar-refractivity contribution is 5.23. The van der Waals surface area contributed by atoms with Crippen LogP contribution in [0.2, 0.25) is 0 Å². The number of hydrogen-bond donors (Lipinski definition) is 1. The maximum absolute atomic E-state index is 5.71. The predicted molar refractivity (Wildman–Crippen MR) is 74.5 cm³/mol. The molecule has 1 atom stereocenters. The number of rotatable bonds is 5. The van der Waals surface area contributed by atoms with Crippen LogP contribution >= 0.6 is 0 Å². The molecule has 0 radical (unpaired) electrons. The Morgan fingerprint density at radius 2 is 2.22 bits per heavy atom. The molecule has 1 aliphatic heterocycles. The van der Waals surface area contributed by atoms with Crippen molar-refractivity contribution in [1.29, 1.82) is 0 Å². The zero-order chi connectivity index (χ0) is 12.8. The van der Waals surface area contributed by atoms with E-state index in [-0.39, 0.29) is 0 Å². The van der Waals surface area contributed by atoms with E-state index >= 15 is 0 Å². The first-order valence-corrected chi connectivity index (χ1v) is 6.88. The fourth-order valence-electron chi connectivity index (χ4n) is 2.47. The molecule has 1 aromatic rings. The van der Waals surface area contributed by atoms with E-state index in [0.717, 1.165) is 39.2 Å². The first-order chi connectivity index (χ1) is 8.81. The Kier molecular flexibility index (Phi) is 5.17. The summed E-state index contributed by atoms with van der Waals surface area (Å²) in [6.07, 6.45) is 1.52. The Balaban J connectivity index is 1.93. The van der Waals surface area contributed by atoms with E-state index in [1.165, 1.54) is 11.1 Å². The summed E-state index contributed by atoms with van der Waals surface area (Å²) < 4.78 is 5.71. The summed E-state index contributed by atoms with van der Waals surface area (Å²) >= 11 is 0. The van der Waals surface area contributed by atoms with E-state index in [1.54, 1.807) is 0 Å². The van der Waals surface area contributed by atoms with Crippen molar-refractivity contribution in [3.05, 3.63) is 35.4 Å². The number of benzene rings is 1. The van der Waals surface area contributed by atoms with Gasteiger partial charge < -0.3 is 10.1 Å². The molecule has 1 N–H and O–H groups in total. The van der Waals surface area contributed by atoms with E-state index in [0.29, 0.717) is 6.10 Å². The van der Waals surface area contributed by atoms with Gasteiger partial charge in [0.2, 0.25) is 0 Å². The molecule has 3 nitrogen and oxygen atoms in total. The molecule has 1 aromatic carbocycles. The molecular formula is C15H24N2O. The third kappa shape index (κ3) is 3.80. The Morgan fingerprint density at radius 3 is 3.00 bits per heavy atom. The summed E-state index contributed by atoms with van der Waals surface area (Å²) in [6.45, 7) is 7.15. The molecule has 0 spiro atoms. The molecule has 0 saturated carbocycles. The zero-order valence-electron chi connectivity index (χ0n) is 11.5. The van der Waals surface area contributed by atoms with Crippen LogP contribution in [0.25, 0.3) is 0 Å². The SMILES string of the molecule is CCC1CN(Cc2cccc(CNC)c2)CCO1. The van der Waals surface area contributed by atoms with Crippen molar-refractivity contribution in [2.45, 2.75) is 32.5 Å². The fourth-order valence-corrected chi connectivity index (χ4v) is 2.47. The molecule has 2 rings (SSSR count). The van der Waals surface area contributed by atoms with Crippen LogP contribution in [0.15, 0.2) is 24.3 Å². The van der Waals surface area contributed by atoms with E-state index in [9.17, 15) is 0 Å². The second-order valence-corrected chi connectivity index (χ2v) is 4.99. The first-order valence-electron chi connectivity index (χ1n) is 6.88. The van der Waals surface area contributed by atoms with Crippen molar-refractivity contribution in [3.8, 4) is 0 Å². The molecule has 100 valence electrons. The molecule has 1 aliphatic rings. The topological polar surface area (TPSA) is 24.5 Å². The van der Waals surface area contributed by atoms with E-state index in [4.69, 9.17) is 4.74 Å². The van der Waals surface area contributed by atoms with Gasteiger partial charge in [-0.25, -0.2) is 0 Å². The van der Waals surface area contributed by atoms with Crippen molar-refractivity contribution >= 4 is 0 Å². The largest absolute Gasteiger partial charge is 0.376 e. The third-order valence-corrected chi connectivity index (χ3v) is 3.46. The highest BCUT2D eigenvalue weighted by Crippen LogP contribution is 2.13. The smallest absolute Gasteiger partial charge is 0.0700 e. The number of ether oxygens (including phenoxy) is 1. The lowest BCUT2D eigenvalue weighted by Gasteiger charge is -2.32. The Morgan fingerprint density at radius 1 is 1.39 bits per heavy atom. The summed E-state index contributed by atoms with van der Waals surface area (Å²) in [5, 5.41) is 3.20. The predicted octanol–water partition coefficient (Wildman–Crippen LogP) is 2.02. The van der Waals surface area contributed by atoms with Gasteiger partial charge in [0.1, 0.15) is 0 Å². The van der Waals surface area contributed by atoms with Crippen LogP contribution in [0.1, 0.15) is 24.5 Å². The average molecular weight is 248 g/mol. The summed E-state index contributed by atoms with van der Waals surface area (Å²) in [6, 6.07) is 8.84. The minimum absolute atomic E-state index is 0.416. The first kappa shape index (κ1) is 13.5. The molecule has 3 heteroatoms. The van der Waals surface area contributed by atoms with Gasteiger partial charge in [0.05, 0.1) is 12.7 Å². The monoisotopic (exact) mass is 248 g/mol. The van der Waals surface area contributed by atoms with Gasteiger partial charge in [-0.05, 0) is 24.6 Å². The van der Waals surface area contributed by atoms with Crippen LogP contribution in [0.3, 0.4) is 0 Å². The maximum atomic E-state index is 5.71. The highest BCUT2D eigenvalue weighted by atomic mass is 16.5. The second-order valence-electron chi connectivity index (χ2n) is 4.99. The zero-order valence-corrected chi connectivity index (χ0v) is 11.5. The van der Waals surface area contributed by atoms with Crippen molar-refractivity contribution in [2.75, 3.05) is 26.7 Å². The summed E-state index contributed by atoms with van der Waals surface area (Å²) in [7, 11) is 1.99. The molecule has 0 bridgehead atoms. The Bertz CT molecular complexity index is 367. The van der Waals surface area contributed by atoms with Gasteiger partial charge in [-0.3, -0.25) is 4.90 Å². The maximum Gasteiger partial charge on any atom is 0.0700 e. The number of nitrogens with zero attached hydrogens (tertiary/aromatic N) is 1. The molecule has 0 aliphatic carbocycles. The van der Waals surface area contributed by atoms with Crippen molar-refractivity contribution in [3.63, 3.8) is 0 Å². The molecule has 0 amide bonds. The lowest BCUT2D eigenvalue weighted by Crippen LogP contribution is -2.41. The van der Waals surface area contributed by atoms with E-state index in [2.05, 4.69) is 41.4 Å². The van der Waals surface area contributed by atoms with Gasteiger partial charge in [-0.2, -0.15) is 0 Å². The van der Waals surface area contributed by atoms with Crippen LogP contribution in [0.4, 0.5) is 0 Å². The summed E-state index contributed by atoms with van der Waals surface area (Å²) in [4.78, 5) is 2.50. The van der Waals surface area contributed by atoms with Crippen molar-refractivity contribution in [2.24, 2.45) is 0 Å².